The van der Waals surface area contributed by atoms with Gasteiger partial charge in [0, 0.05) is 0 Å². The highest BCUT2D eigenvalue weighted by molar-refractivity contribution is 5.91. The molecule has 0 N–H and O–H groups in total. The molecule has 0 spiro atoms. The third-order valence-electron chi connectivity index (χ3n) is 1.50. The van der Waals surface area contributed by atoms with Crippen LogP contribution in [-0.2, 0) is 9.53 Å². The van der Waals surface area contributed by atoms with Crippen LogP contribution in [0.1, 0.15) is 23.2 Å². The summed E-state index contributed by atoms with van der Waals surface area (Å²) in [5, 5.41) is 0. The highest BCUT2D eigenvalue weighted by Gasteiger charge is 2.09. The molecule has 0 unspecified atom stereocenters. The molecular formula is C10H10O4. The van der Waals surface area contributed by atoms with Crippen LogP contribution in [0.15, 0.2) is 22.6 Å². The zero-order valence-electron chi connectivity index (χ0n) is 7.94. The van der Waals surface area contributed by atoms with Crippen molar-refractivity contribution in [3.63, 3.8) is 0 Å². The minimum Gasteiger partial charge on any atom is -0.463 e. The second kappa shape index (κ2) is 4.41. The van der Waals surface area contributed by atoms with Gasteiger partial charge >= 0.3 is 5.97 Å². The van der Waals surface area contributed by atoms with E-state index >= 15 is 0 Å². The first-order valence-corrected chi connectivity index (χ1v) is 4.00. The van der Waals surface area contributed by atoms with Crippen LogP contribution in [0.4, 0.5) is 0 Å². The van der Waals surface area contributed by atoms with Crippen LogP contribution in [0, 0.1) is 0 Å². The number of methoxy groups -OCH3 is 1. The van der Waals surface area contributed by atoms with Gasteiger partial charge in [-0.3, -0.25) is 4.79 Å². The Morgan fingerprint density at radius 3 is 2.71 bits per heavy atom. The molecule has 0 amide bonds. The van der Waals surface area contributed by atoms with Crippen LogP contribution in [0.2, 0.25) is 0 Å². The fraction of sp³-hybridized carbons (Fsp3) is 0.200. The van der Waals surface area contributed by atoms with E-state index in [1.165, 1.54) is 32.3 Å². The molecule has 1 heterocycles. The van der Waals surface area contributed by atoms with E-state index in [9.17, 15) is 9.59 Å². The first kappa shape index (κ1) is 10.2. The van der Waals surface area contributed by atoms with Crippen LogP contribution in [0.5, 0.6) is 0 Å². The molecule has 0 bridgehead atoms. The van der Waals surface area contributed by atoms with Gasteiger partial charge in [-0.1, -0.05) is 0 Å². The molecule has 0 saturated carbocycles. The number of ketones is 1. The Bertz CT molecular complexity index is 373. The van der Waals surface area contributed by atoms with Crippen molar-refractivity contribution in [3.05, 3.63) is 29.7 Å². The molecule has 4 nitrogen and oxygen atoms in total. The van der Waals surface area contributed by atoms with Crippen LogP contribution < -0.4 is 0 Å². The van der Waals surface area contributed by atoms with Crippen LogP contribution >= 0.6 is 0 Å². The third-order valence-corrected chi connectivity index (χ3v) is 1.50. The van der Waals surface area contributed by atoms with Crippen molar-refractivity contribution in [3.8, 4) is 0 Å². The van der Waals surface area contributed by atoms with E-state index in [1.807, 2.05) is 0 Å². The van der Waals surface area contributed by atoms with Gasteiger partial charge in [0.25, 0.3) is 0 Å². The summed E-state index contributed by atoms with van der Waals surface area (Å²) in [6.07, 6.45) is 2.86. The number of allylic oxidation sites excluding steroid dienone is 1. The number of rotatable bonds is 3. The Morgan fingerprint density at radius 1 is 1.43 bits per heavy atom. The number of esters is 1. The van der Waals surface area contributed by atoms with Crippen LogP contribution in [0.25, 0.3) is 6.08 Å². The first-order valence-electron chi connectivity index (χ1n) is 4.00. The zero-order valence-corrected chi connectivity index (χ0v) is 7.94. The highest BCUT2D eigenvalue weighted by Crippen LogP contribution is 2.10. The number of carbonyl (C=O) groups is 2. The predicted molar refractivity (Wildman–Crippen MR) is 49.8 cm³/mol. The average Bonchev–Trinajstić information content (AvgIpc) is 2.62. The van der Waals surface area contributed by atoms with Crippen molar-refractivity contribution in [2.24, 2.45) is 0 Å². The lowest BCUT2D eigenvalue weighted by Crippen LogP contribution is -1.98. The second-order valence-electron chi connectivity index (χ2n) is 2.64. The van der Waals surface area contributed by atoms with Gasteiger partial charge in [0.2, 0.25) is 5.76 Å². The van der Waals surface area contributed by atoms with Crippen LogP contribution in [-0.4, -0.2) is 18.9 Å². The molecule has 1 aromatic heterocycles. The Labute approximate surface area is 81.2 Å². The monoisotopic (exact) mass is 194 g/mol. The van der Waals surface area contributed by atoms with Gasteiger partial charge in [-0.05, 0) is 31.2 Å². The van der Waals surface area contributed by atoms with Gasteiger partial charge in [-0.15, -0.1) is 0 Å². The highest BCUT2D eigenvalue weighted by atomic mass is 16.5. The molecular weight excluding hydrogens is 184 g/mol. The molecule has 0 aliphatic heterocycles. The second-order valence-corrected chi connectivity index (χ2v) is 2.64. The standard InChI is InChI=1S/C10H10O4/c1-7(11)3-4-8-5-6-9(14-8)10(12)13-2/h3-6H,1-2H3. The maximum absolute atomic E-state index is 11.0. The Morgan fingerprint density at radius 2 is 2.14 bits per heavy atom. The fourth-order valence-corrected chi connectivity index (χ4v) is 0.852. The molecule has 0 aromatic carbocycles. The predicted octanol–water partition coefficient (Wildman–Crippen LogP) is 1.67. The number of hydrogen-bond donors (Lipinski definition) is 0. The summed E-state index contributed by atoms with van der Waals surface area (Å²) in [7, 11) is 1.27. The largest absolute Gasteiger partial charge is 0.463 e. The van der Waals surface area contributed by atoms with E-state index in [2.05, 4.69) is 4.74 Å². The number of carbonyl (C=O) groups excluding carboxylic acids is 2. The quantitative estimate of drug-likeness (QED) is 0.542. The van der Waals surface area contributed by atoms with Crippen molar-refractivity contribution in [1.82, 2.24) is 0 Å². The summed E-state index contributed by atoms with van der Waals surface area (Å²) in [4.78, 5) is 21.6. The normalized spacial score (nSPS) is 10.4. The van der Waals surface area contributed by atoms with Crippen molar-refractivity contribution in [1.29, 1.82) is 0 Å². The van der Waals surface area contributed by atoms with E-state index < -0.39 is 5.97 Å². The van der Waals surface area contributed by atoms with E-state index in [0.717, 1.165) is 0 Å². The van der Waals surface area contributed by atoms with Crippen molar-refractivity contribution in [2.75, 3.05) is 7.11 Å². The number of furan rings is 1. The van der Waals surface area contributed by atoms with Crippen molar-refractivity contribution >= 4 is 17.8 Å². The number of hydrogen-bond acceptors (Lipinski definition) is 4. The molecule has 14 heavy (non-hydrogen) atoms. The van der Waals surface area contributed by atoms with Gasteiger partial charge < -0.3 is 9.15 Å². The summed E-state index contributed by atoms with van der Waals surface area (Å²) in [6, 6.07) is 3.08. The maximum Gasteiger partial charge on any atom is 0.373 e. The minimum absolute atomic E-state index is 0.0824. The lowest BCUT2D eigenvalue weighted by molar-refractivity contribution is -0.112. The van der Waals surface area contributed by atoms with Crippen LogP contribution in [0.3, 0.4) is 0 Å². The van der Waals surface area contributed by atoms with E-state index in [1.54, 1.807) is 6.07 Å². The van der Waals surface area contributed by atoms with Crippen molar-refractivity contribution in [2.45, 2.75) is 6.92 Å². The third kappa shape index (κ3) is 2.58. The summed E-state index contributed by atoms with van der Waals surface area (Å²) in [5.74, 6) is -0.0511. The van der Waals surface area contributed by atoms with Gasteiger partial charge in [0.1, 0.15) is 5.76 Å². The maximum atomic E-state index is 11.0. The summed E-state index contributed by atoms with van der Waals surface area (Å²) >= 11 is 0. The SMILES string of the molecule is COC(=O)c1ccc(C=CC(C)=O)o1. The van der Waals surface area contributed by atoms with E-state index in [0.29, 0.717) is 5.76 Å². The van der Waals surface area contributed by atoms with Gasteiger partial charge in [-0.25, -0.2) is 4.79 Å². The lowest BCUT2D eigenvalue weighted by atomic mass is 10.3. The molecule has 0 aliphatic carbocycles. The van der Waals surface area contributed by atoms with Gasteiger partial charge in [-0.2, -0.15) is 0 Å². The molecule has 0 aliphatic rings. The van der Waals surface area contributed by atoms with Crippen molar-refractivity contribution < 1.29 is 18.7 Å². The molecule has 0 atom stereocenters. The molecule has 1 aromatic rings. The minimum atomic E-state index is -0.535. The molecule has 0 fully saturated rings. The summed E-state index contributed by atoms with van der Waals surface area (Å²) in [6.45, 7) is 1.43. The average molecular weight is 194 g/mol. The zero-order chi connectivity index (χ0) is 10.6. The summed E-state index contributed by atoms with van der Waals surface area (Å²) in [5.41, 5.74) is 0. The van der Waals surface area contributed by atoms with Gasteiger partial charge in [0.05, 0.1) is 7.11 Å². The van der Waals surface area contributed by atoms with E-state index in [4.69, 9.17) is 4.42 Å². The summed E-state index contributed by atoms with van der Waals surface area (Å²) < 4.78 is 9.52. The topological polar surface area (TPSA) is 56.5 Å². The molecule has 4 heteroatoms. The Balaban J connectivity index is 2.78. The number of ether oxygens (including phenoxy) is 1. The lowest BCUT2D eigenvalue weighted by Gasteiger charge is -1.91. The molecule has 0 saturated heterocycles. The Kier molecular flexibility index (Phi) is 3.23. The fourth-order valence-electron chi connectivity index (χ4n) is 0.852. The molecule has 1 rings (SSSR count). The first-order chi connectivity index (χ1) is 6.63. The smallest absolute Gasteiger partial charge is 0.373 e. The Hall–Kier alpha value is -1.84. The van der Waals surface area contributed by atoms with E-state index in [-0.39, 0.29) is 11.5 Å². The molecule has 0 radical (unpaired) electrons. The van der Waals surface area contributed by atoms with Gasteiger partial charge in [0.15, 0.2) is 5.78 Å². The molecule has 74 valence electrons.